The first kappa shape index (κ1) is 15.5. The van der Waals surface area contributed by atoms with Gasteiger partial charge in [-0.25, -0.2) is 0 Å². The summed E-state index contributed by atoms with van der Waals surface area (Å²) in [6, 6.07) is 6.45. The summed E-state index contributed by atoms with van der Waals surface area (Å²) in [5.41, 5.74) is 1.06. The quantitative estimate of drug-likeness (QED) is 0.479. The third-order valence-corrected chi connectivity index (χ3v) is 3.94. The zero-order chi connectivity index (χ0) is 15.2. The van der Waals surface area contributed by atoms with Crippen LogP contribution in [-0.2, 0) is 18.9 Å². The summed E-state index contributed by atoms with van der Waals surface area (Å²) < 4.78 is 1.90. The Bertz CT molecular complexity index is 612. The fourth-order valence-corrected chi connectivity index (χ4v) is 2.79. The molecule has 21 heavy (non-hydrogen) atoms. The van der Waals surface area contributed by atoms with Gasteiger partial charge in [-0.15, -0.1) is 10.2 Å². The Morgan fingerprint density at radius 2 is 2.05 bits per heavy atom. The standard InChI is InChI=1S/C13H16N4O3S/c1-2-7-16-12(8-18)14-15-13(16)21-9-10-3-5-11(6-4-10)17(19)20/h3-6,18H,2,7-9H2,1H3. The molecule has 0 unspecified atom stereocenters. The maximum absolute atomic E-state index is 10.6. The number of non-ortho nitro benzene ring substituents is 1. The molecule has 0 aliphatic heterocycles. The fourth-order valence-electron chi connectivity index (χ4n) is 1.85. The minimum absolute atomic E-state index is 0.0838. The molecular weight excluding hydrogens is 292 g/mol. The van der Waals surface area contributed by atoms with Crippen molar-refractivity contribution in [3.63, 3.8) is 0 Å². The van der Waals surface area contributed by atoms with E-state index in [2.05, 4.69) is 10.2 Å². The van der Waals surface area contributed by atoms with Crippen LogP contribution in [0.3, 0.4) is 0 Å². The van der Waals surface area contributed by atoms with Crippen molar-refractivity contribution in [2.75, 3.05) is 0 Å². The Balaban J connectivity index is 2.05. The van der Waals surface area contributed by atoms with Crippen molar-refractivity contribution >= 4 is 17.4 Å². The molecule has 112 valence electrons. The maximum atomic E-state index is 10.6. The number of nitro benzene ring substituents is 1. The van der Waals surface area contributed by atoms with Gasteiger partial charge < -0.3 is 9.67 Å². The molecule has 0 fully saturated rings. The topological polar surface area (TPSA) is 94.1 Å². The second kappa shape index (κ2) is 7.19. The molecule has 0 saturated carbocycles. The van der Waals surface area contributed by atoms with Gasteiger partial charge in [-0.3, -0.25) is 10.1 Å². The number of rotatable bonds is 7. The monoisotopic (exact) mass is 308 g/mol. The molecule has 0 aliphatic rings. The molecule has 1 heterocycles. The minimum atomic E-state index is -0.414. The summed E-state index contributed by atoms with van der Waals surface area (Å²) in [5, 5.41) is 28.6. The van der Waals surface area contributed by atoms with Crippen LogP contribution in [0.15, 0.2) is 29.4 Å². The van der Waals surface area contributed by atoms with Crippen LogP contribution in [0.2, 0.25) is 0 Å². The molecule has 0 radical (unpaired) electrons. The Labute approximate surface area is 126 Å². The summed E-state index contributed by atoms with van der Waals surface area (Å²) in [6.45, 7) is 2.67. The first-order valence-electron chi connectivity index (χ1n) is 6.54. The van der Waals surface area contributed by atoms with E-state index in [-0.39, 0.29) is 12.3 Å². The summed E-state index contributed by atoms with van der Waals surface area (Å²) >= 11 is 1.50. The van der Waals surface area contributed by atoms with Crippen molar-refractivity contribution in [2.24, 2.45) is 0 Å². The zero-order valence-electron chi connectivity index (χ0n) is 11.6. The Hall–Kier alpha value is -1.93. The summed E-state index contributed by atoms with van der Waals surface area (Å²) in [6.07, 6.45) is 0.927. The van der Waals surface area contributed by atoms with Crippen LogP contribution in [0.4, 0.5) is 5.69 Å². The van der Waals surface area contributed by atoms with E-state index in [1.807, 2.05) is 11.5 Å². The number of thioether (sulfide) groups is 1. The number of aliphatic hydroxyl groups excluding tert-OH is 1. The number of aliphatic hydroxyl groups is 1. The predicted octanol–water partition coefficient (Wildman–Crippen LogP) is 2.38. The molecule has 0 bridgehead atoms. The van der Waals surface area contributed by atoms with Crippen molar-refractivity contribution in [3.05, 3.63) is 45.8 Å². The van der Waals surface area contributed by atoms with Gasteiger partial charge in [-0.05, 0) is 12.0 Å². The molecular formula is C13H16N4O3S. The summed E-state index contributed by atoms with van der Waals surface area (Å²) in [5.74, 6) is 1.20. The van der Waals surface area contributed by atoms with Crippen molar-refractivity contribution in [2.45, 2.75) is 37.4 Å². The lowest BCUT2D eigenvalue weighted by Crippen LogP contribution is -2.04. The molecule has 0 spiro atoms. The van der Waals surface area contributed by atoms with Gasteiger partial charge in [-0.1, -0.05) is 30.8 Å². The number of hydrogen-bond acceptors (Lipinski definition) is 6. The predicted molar refractivity (Wildman–Crippen MR) is 78.9 cm³/mol. The first-order valence-corrected chi connectivity index (χ1v) is 7.53. The second-order valence-electron chi connectivity index (χ2n) is 4.42. The normalized spacial score (nSPS) is 10.8. The largest absolute Gasteiger partial charge is 0.388 e. The summed E-state index contributed by atoms with van der Waals surface area (Å²) in [4.78, 5) is 10.2. The van der Waals surface area contributed by atoms with E-state index in [9.17, 15) is 15.2 Å². The molecule has 2 aromatic rings. The SMILES string of the molecule is CCCn1c(CO)nnc1SCc1ccc([N+](=O)[O-])cc1. The van der Waals surface area contributed by atoms with Crippen LogP contribution in [0.5, 0.6) is 0 Å². The summed E-state index contributed by atoms with van der Waals surface area (Å²) in [7, 11) is 0. The molecule has 8 heteroatoms. The number of aromatic nitrogens is 3. The van der Waals surface area contributed by atoms with E-state index in [1.54, 1.807) is 12.1 Å². The van der Waals surface area contributed by atoms with Gasteiger partial charge in [0.05, 0.1) is 4.92 Å². The highest BCUT2D eigenvalue weighted by atomic mass is 32.2. The van der Waals surface area contributed by atoms with Gasteiger partial charge in [0.1, 0.15) is 6.61 Å². The van der Waals surface area contributed by atoms with Crippen molar-refractivity contribution in [1.29, 1.82) is 0 Å². The lowest BCUT2D eigenvalue weighted by molar-refractivity contribution is -0.384. The highest BCUT2D eigenvalue weighted by Crippen LogP contribution is 2.23. The zero-order valence-corrected chi connectivity index (χ0v) is 12.4. The Morgan fingerprint density at radius 1 is 1.33 bits per heavy atom. The van der Waals surface area contributed by atoms with E-state index in [4.69, 9.17) is 0 Å². The smallest absolute Gasteiger partial charge is 0.269 e. The lowest BCUT2D eigenvalue weighted by Gasteiger charge is -2.07. The highest BCUT2D eigenvalue weighted by Gasteiger charge is 2.11. The average molecular weight is 308 g/mol. The van der Waals surface area contributed by atoms with E-state index in [0.29, 0.717) is 11.6 Å². The number of hydrogen-bond donors (Lipinski definition) is 1. The molecule has 1 aromatic carbocycles. The number of nitro groups is 1. The number of benzene rings is 1. The van der Waals surface area contributed by atoms with E-state index >= 15 is 0 Å². The molecule has 2 rings (SSSR count). The molecule has 0 atom stereocenters. The third-order valence-electron chi connectivity index (χ3n) is 2.90. The van der Waals surface area contributed by atoms with Gasteiger partial charge in [-0.2, -0.15) is 0 Å². The van der Waals surface area contributed by atoms with E-state index in [1.165, 1.54) is 23.9 Å². The van der Waals surface area contributed by atoms with Gasteiger partial charge in [0.15, 0.2) is 11.0 Å². The lowest BCUT2D eigenvalue weighted by atomic mass is 10.2. The van der Waals surface area contributed by atoms with Crippen LogP contribution < -0.4 is 0 Å². The maximum Gasteiger partial charge on any atom is 0.269 e. The second-order valence-corrected chi connectivity index (χ2v) is 5.36. The van der Waals surface area contributed by atoms with Gasteiger partial charge in [0.25, 0.3) is 5.69 Å². The molecule has 0 aliphatic carbocycles. The van der Waals surface area contributed by atoms with Gasteiger partial charge in [0, 0.05) is 24.4 Å². The molecule has 1 aromatic heterocycles. The van der Waals surface area contributed by atoms with E-state index < -0.39 is 4.92 Å². The molecule has 7 nitrogen and oxygen atoms in total. The number of nitrogens with zero attached hydrogens (tertiary/aromatic N) is 4. The minimum Gasteiger partial charge on any atom is -0.388 e. The third kappa shape index (κ3) is 3.79. The van der Waals surface area contributed by atoms with Crippen LogP contribution in [0.25, 0.3) is 0 Å². The molecule has 0 amide bonds. The van der Waals surface area contributed by atoms with Crippen molar-refractivity contribution < 1.29 is 10.0 Å². The van der Waals surface area contributed by atoms with Crippen LogP contribution in [0.1, 0.15) is 24.7 Å². The van der Waals surface area contributed by atoms with E-state index in [0.717, 1.165) is 23.7 Å². The Morgan fingerprint density at radius 3 is 2.62 bits per heavy atom. The fraction of sp³-hybridized carbons (Fsp3) is 0.385. The van der Waals surface area contributed by atoms with Crippen LogP contribution >= 0.6 is 11.8 Å². The highest BCUT2D eigenvalue weighted by molar-refractivity contribution is 7.98. The van der Waals surface area contributed by atoms with Gasteiger partial charge >= 0.3 is 0 Å². The van der Waals surface area contributed by atoms with Crippen molar-refractivity contribution in [1.82, 2.24) is 14.8 Å². The first-order chi connectivity index (χ1) is 10.2. The molecule has 1 N–H and O–H groups in total. The Kier molecular flexibility index (Phi) is 5.29. The average Bonchev–Trinajstić information content (AvgIpc) is 2.88. The van der Waals surface area contributed by atoms with Crippen LogP contribution in [-0.4, -0.2) is 24.8 Å². The van der Waals surface area contributed by atoms with Crippen molar-refractivity contribution in [3.8, 4) is 0 Å². The van der Waals surface area contributed by atoms with Gasteiger partial charge in [0.2, 0.25) is 0 Å². The molecule has 0 saturated heterocycles. The van der Waals surface area contributed by atoms with Crippen LogP contribution in [0, 0.1) is 10.1 Å².